The molecule has 2 aliphatic rings. The van der Waals surface area contributed by atoms with E-state index < -0.39 is 59.4 Å². The summed E-state index contributed by atoms with van der Waals surface area (Å²) in [6.45, 7) is 14.7. The normalized spacial score (nSPS) is 30.5. The van der Waals surface area contributed by atoms with Crippen molar-refractivity contribution in [1.82, 2.24) is 0 Å². The summed E-state index contributed by atoms with van der Waals surface area (Å²) in [6, 6.07) is 9.16. The van der Waals surface area contributed by atoms with Gasteiger partial charge in [-0.05, 0) is 64.8 Å². The van der Waals surface area contributed by atoms with E-state index in [9.17, 15) is 40.2 Å². The number of aliphatic hydroxyl groups excluding tert-OH is 5. The zero-order valence-corrected chi connectivity index (χ0v) is 32.9. The maximum atomic E-state index is 11.8. The third kappa shape index (κ3) is 8.78. The molecule has 0 aliphatic carbocycles. The number of aliphatic hydroxyl groups is 5. The Morgan fingerprint density at radius 3 is 1.60 bits per heavy atom. The van der Waals surface area contributed by atoms with Crippen LogP contribution < -0.4 is 25.5 Å². The van der Waals surface area contributed by atoms with Crippen molar-refractivity contribution >= 4 is 21.9 Å². The predicted octanol–water partition coefficient (Wildman–Crippen LogP) is 4.05. The molecule has 0 bridgehead atoms. The SMILES string of the molecule is CC[C@]1(C)OC(O)[C@H](O)[C@H](O)[C@H]1C.CC[C@]1(C)OC(Oc2ccc3c(OC)cc(=O)oc3c2C)[C@H](O)[C@H](O)[C@H]1C.COc1cc(=O)oc2c(C)c(O)ccc12. The first-order valence-corrected chi connectivity index (χ1v) is 18.1. The largest absolute Gasteiger partial charge is 0.508 e. The Kier molecular flexibility index (Phi) is 13.7. The molecule has 2 unspecified atom stereocenters. The van der Waals surface area contributed by atoms with Crippen molar-refractivity contribution in [3.05, 3.63) is 68.4 Å². The van der Waals surface area contributed by atoms with Crippen molar-refractivity contribution in [2.75, 3.05) is 14.2 Å². The van der Waals surface area contributed by atoms with Gasteiger partial charge in [-0.25, -0.2) is 9.59 Å². The molecule has 304 valence electrons. The average molecular weight is 775 g/mol. The van der Waals surface area contributed by atoms with Crippen LogP contribution in [0.5, 0.6) is 23.0 Å². The molecular weight excluding hydrogens is 720 g/mol. The molecule has 6 N–H and O–H groups in total. The van der Waals surface area contributed by atoms with Crippen LogP contribution in [0, 0.1) is 25.7 Å². The van der Waals surface area contributed by atoms with Crippen LogP contribution in [-0.4, -0.2) is 93.1 Å². The molecule has 2 aromatic carbocycles. The second-order valence-corrected chi connectivity index (χ2v) is 14.4. The van der Waals surface area contributed by atoms with Crippen molar-refractivity contribution < 1.29 is 63.2 Å². The quantitative estimate of drug-likeness (QED) is 0.152. The Hall–Kier alpha value is -4.22. The summed E-state index contributed by atoms with van der Waals surface area (Å²) in [5, 5.41) is 59.8. The van der Waals surface area contributed by atoms with Gasteiger partial charge in [-0.15, -0.1) is 0 Å². The molecule has 2 aliphatic heterocycles. The lowest BCUT2D eigenvalue weighted by Gasteiger charge is -2.47. The van der Waals surface area contributed by atoms with Crippen molar-refractivity contribution in [1.29, 1.82) is 0 Å². The summed E-state index contributed by atoms with van der Waals surface area (Å²) in [7, 11) is 2.96. The van der Waals surface area contributed by atoms with E-state index in [1.54, 1.807) is 38.1 Å². The lowest BCUT2D eigenvalue weighted by molar-refractivity contribution is -0.300. The highest BCUT2D eigenvalue weighted by molar-refractivity contribution is 5.88. The maximum absolute atomic E-state index is 11.8. The first-order chi connectivity index (χ1) is 25.8. The Labute approximate surface area is 318 Å². The van der Waals surface area contributed by atoms with Crippen molar-refractivity contribution in [3.8, 4) is 23.0 Å². The van der Waals surface area contributed by atoms with E-state index >= 15 is 0 Å². The Morgan fingerprint density at radius 1 is 0.655 bits per heavy atom. The molecule has 2 saturated heterocycles. The Balaban J connectivity index is 0.000000202. The van der Waals surface area contributed by atoms with E-state index in [0.717, 1.165) is 0 Å². The topological polar surface area (TPSA) is 228 Å². The summed E-state index contributed by atoms with van der Waals surface area (Å²) in [6.07, 6.45) is -5.29. The molecular formula is C40H54O15. The molecule has 4 heterocycles. The number of phenolic OH excluding ortho intramolecular Hbond substituents is 1. The van der Waals surface area contributed by atoms with Crippen LogP contribution in [0.2, 0.25) is 0 Å². The third-order valence-corrected chi connectivity index (χ3v) is 11.3. The number of phenols is 1. The summed E-state index contributed by atoms with van der Waals surface area (Å²) < 4.78 is 37.8. The third-order valence-electron chi connectivity index (χ3n) is 11.3. The Bertz CT molecular complexity index is 2060. The van der Waals surface area contributed by atoms with Gasteiger partial charge in [-0.2, -0.15) is 0 Å². The Morgan fingerprint density at radius 2 is 1.11 bits per heavy atom. The van der Waals surface area contributed by atoms with Crippen LogP contribution in [0.15, 0.2) is 54.8 Å². The number of benzene rings is 2. The maximum Gasteiger partial charge on any atom is 0.339 e. The molecule has 6 rings (SSSR count). The number of aryl methyl sites for hydroxylation is 2. The highest BCUT2D eigenvalue weighted by atomic mass is 16.7. The van der Waals surface area contributed by atoms with E-state index in [2.05, 4.69) is 0 Å². The van der Waals surface area contributed by atoms with Crippen molar-refractivity contribution in [2.24, 2.45) is 11.8 Å². The monoisotopic (exact) mass is 774 g/mol. The standard InChI is InChI=1S/C20H26O7.C11H10O4.C9H18O4/c1-6-20(4)11(3)16(22)17(23)19(27-20)25-13-8-7-12-14(24-5)9-15(21)26-18(12)10(13)2;1-6-8(12)4-3-7-9(14-2)5-10(13)15-11(6)7;1-4-9(3)5(2)6(10)7(11)8(12)13-9/h7-9,11,16-17,19,22-23H,6H2,1-5H3;3-5,12H,1-2H3;5-8,10-12H,4H2,1-3H3/t11-,16-,17-,19?,20+;;5-,6-,7-,8?,9+/m1.1/s1. The van der Waals surface area contributed by atoms with Crippen molar-refractivity contribution in [2.45, 2.75) is 116 Å². The van der Waals surface area contributed by atoms with Crippen LogP contribution >= 0.6 is 0 Å². The molecule has 0 saturated carbocycles. The summed E-state index contributed by atoms with van der Waals surface area (Å²) in [5.74, 6) is 0.910. The number of hydrogen-bond donors (Lipinski definition) is 6. The molecule has 15 nitrogen and oxygen atoms in total. The highest BCUT2D eigenvalue weighted by Gasteiger charge is 2.50. The predicted molar refractivity (Wildman–Crippen MR) is 202 cm³/mol. The number of aromatic hydroxyl groups is 1. The summed E-state index contributed by atoms with van der Waals surface area (Å²) in [5.41, 5.74) is -0.408. The minimum absolute atomic E-state index is 0.0962. The molecule has 0 radical (unpaired) electrons. The number of ether oxygens (including phenoxy) is 5. The van der Waals surface area contributed by atoms with Gasteiger partial charge in [0.15, 0.2) is 6.29 Å². The molecule has 4 aromatic rings. The van der Waals surface area contributed by atoms with Crippen molar-refractivity contribution in [3.63, 3.8) is 0 Å². The van der Waals surface area contributed by atoms with Crippen LogP contribution in [0.1, 0.15) is 65.5 Å². The molecule has 0 amide bonds. The van der Waals surface area contributed by atoms with Gasteiger partial charge in [-0.3, -0.25) is 0 Å². The van der Waals surface area contributed by atoms with Gasteiger partial charge in [0.05, 0.1) is 60.5 Å². The number of hydrogen-bond acceptors (Lipinski definition) is 15. The lowest BCUT2D eigenvalue weighted by Crippen LogP contribution is -2.60. The van der Waals surface area contributed by atoms with E-state index in [1.165, 1.54) is 26.4 Å². The molecule has 10 atom stereocenters. The number of rotatable bonds is 6. The average Bonchev–Trinajstić information content (AvgIpc) is 3.17. The lowest BCUT2D eigenvalue weighted by atomic mass is 9.79. The van der Waals surface area contributed by atoms with Crippen LogP contribution in [0.25, 0.3) is 21.9 Å². The van der Waals surface area contributed by atoms with Crippen LogP contribution in [-0.2, 0) is 9.47 Å². The molecule has 55 heavy (non-hydrogen) atoms. The highest BCUT2D eigenvalue weighted by Crippen LogP contribution is 2.40. The minimum atomic E-state index is -1.28. The first kappa shape index (κ1) is 43.5. The van der Waals surface area contributed by atoms with Gasteiger partial charge >= 0.3 is 11.3 Å². The zero-order valence-electron chi connectivity index (χ0n) is 32.9. The fraction of sp³-hybridized carbons (Fsp3) is 0.550. The smallest absolute Gasteiger partial charge is 0.339 e. The van der Waals surface area contributed by atoms with Crippen LogP contribution in [0.3, 0.4) is 0 Å². The van der Waals surface area contributed by atoms with E-state index in [-0.39, 0.29) is 17.6 Å². The second-order valence-electron chi connectivity index (χ2n) is 14.4. The number of fused-ring (bicyclic) bond motifs is 2. The van der Waals surface area contributed by atoms with Gasteiger partial charge in [0.2, 0.25) is 6.29 Å². The first-order valence-electron chi connectivity index (χ1n) is 18.1. The second kappa shape index (κ2) is 17.3. The van der Waals surface area contributed by atoms with Gasteiger partial charge in [-0.1, -0.05) is 27.7 Å². The van der Waals surface area contributed by atoms with Gasteiger partial charge in [0, 0.05) is 23.0 Å². The number of methoxy groups -OCH3 is 2. The fourth-order valence-corrected chi connectivity index (χ4v) is 6.67. The van der Waals surface area contributed by atoms with E-state index in [1.807, 2.05) is 41.5 Å². The van der Waals surface area contributed by atoms with E-state index in [4.69, 9.17) is 32.5 Å². The van der Waals surface area contributed by atoms with Gasteiger partial charge in [0.25, 0.3) is 0 Å². The zero-order chi connectivity index (χ0) is 41.2. The summed E-state index contributed by atoms with van der Waals surface area (Å²) in [4.78, 5) is 23.0. The van der Waals surface area contributed by atoms with Gasteiger partial charge < -0.3 is 63.2 Å². The van der Waals surface area contributed by atoms with E-state index in [0.29, 0.717) is 63.2 Å². The molecule has 15 heteroatoms. The van der Waals surface area contributed by atoms with Crippen LogP contribution in [0.4, 0.5) is 0 Å². The molecule has 2 aromatic heterocycles. The van der Waals surface area contributed by atoms with Gasteiger partial charge in [0.1, 0.15) is 46.4 Å². The summed E-state index contributed by atoms with van der Waals surface area (Å²) >= 11 is 0. The molecule has 2 fully saturated rings. The fourth-order valence-electron chi connectivity index (χ4n) is 6.67. The minimum Gasteiger partial charge on any atom is -0.508 e. The molecule has 0 spiro atoms.